The van der Waals surface area contributed by atoms with E-state index in [1.807, 2.05) is 26.0 Å². The summed E-state index contributed by atoms with van der Waals surface area (Å²) in [5, 5.41) is 9.09. The first-order valence-electron chi connectivity index (χ1n) is 11.5. The van der Waals surface area contributed by atoms with E-state index in [4.69, 9.17) is 14.2 Å². The number of anilines is 2. The second-order valence-corrected chi connectivity index (χ2v) is 8.65. The third kappa shape index (κ3) is 8.07. The van der Waals surface area contributed by atoms with Crippen LogP contribution in [0, 0.1) is 6.92 Å². The Hall–Kier alpha value is -4.38. The van der Waals surface area contributed by atoms with Crippen LogP contribution in [-0.2, 0) is 14.4 Å². The van der Waals surface area contributed by atoms with Crippen LogP contribution >= 0.6 is 15.9 Å². The summed E-state index contributed by atoms with van der Waals surface area (Å²) in [5.74, 6) is -1.01. The summed E-state index contributed by atoms with van der Waals surface area (Å²) >= 11 is 3.42. The molecule has 0 saturated heterocycles. The molecule has 3 rings (SSSR count). The van der Waals surface area contributed by atoms with E-state index in [0.717, 1.165) is 10.0 Å². The van der Waals surface area contributed by atoms with Gasteiger partial charge >= 0.3 is 11.8 Å². The van der Waals surface area contributed by atoms with E-state index in [0.29, 0.717) is 40.8 Å². The number of aryl methyl sites for hydroxylation is 1. The molecule has 0 aliphatic carbocycles. The highest BCUT2D eigenvalue weighted by Crippen LogP contribution is 2.28. The SMILES string of the molecule is CCOc1ccccc1NC(=O)C(=O)N/N=C\c1ccc(OCC(=O)Nc2ccc(Br)c(C)c2)c(OC)c1. The molecule has 3 N–H and O–H groups in total. The monoisotopic (exact) mass is 582 g/mol. The zero-order valence-corrected chi connectivity index (χ0v) is 22.6. The van der Waals surface area contributed by atoms with Crippen LogP contribution in [0.3, 0.4) is 0 Å². The Kier molecular flexibility index (Phi) is 10.2. The van der Waals surface area contributed by atoms with Gasteiger partial charge in [-0.15, -0.1) is 0 Å². The number of rotatable bonds is 10. The second-order valence-electron chi connectivity index (χ2n) is 7.79. The minimum Gasteiger partial charge on any atom is -0.493 e. The topological polar surface area (TPSA) is 127 Å². The molecule has 0 unspecified atom stereocenters. The summed E-state index contributed by atoms with van der Waals surface area (Å²) in [6, 6.07) is 17.1. The highest BCUT2D eigenvalue weighted by molar-refractivity contribution is 9.10. The van der Waals surface area contributed by atoms with Crippen LogP contribution in [0.4, 0.5) is 11.4 Å². The maximum atomic E-state index is 12.3. The number of halogens is 1. The van der Waals surface area contributed by atoms with E-state index in [1.54, 1.807) is 48.5 Å². The maximum Gasteiger partial charge on any atom is 0.329 e. The van der Waals surface area contributed by atoms with Gasteiger partial charge in [0.15, 0.2) is 18.1 Å². The van der Waals surface area contributed by atoms with Gasteiger partial charge in [-0.1, -0.05) is 28.1 Å². The molecule has 3 aromatic rings. The van der Waals surface area contributed by atoms with Crippen molar-refractivity contribution in [1.82, 2.24) is 5.43 Å². The van der Waals surface area contributed by atoms with Crippen molar-refractivity contribution in [1.29, 1.82) is 0 Å². The highest BCUT2D eigenvalue weighted by Gasteiger charge is 2.15. The number of methoxy groups -OCH3 is 1. The number of benzene rings is 3. The molecule has 0 aliphatic rings. The average Bonchev–Trinajstić information content (AvgIpc) is 2.91. The van der Waals surface area contributed by atoms with Crippen molar-refractivity contribution in [2.24, 2.45) is 5.10 Å². The van der Waals surface area contributed by atoms with Crippen LogP contribution in [0.25, 0.3) is 0 Å². The average molecular weight is 583 g/mol. The van der Waals surface area contributed by atoms with Crippen LogP contribution < -0.4 is 30.3 Å². The van der Waals surface area contributed by atoms with Gasteiger partial charge in [0, 0.05) is 10.2 Å². The fraction of sp³-hybridized carbons (Fsp3) is 0.185. The fourth-order valence-electron chi connectivity index (χ4n) is 3.19. The Morgan fingerprint density at radius 3 is 2.45 bits per heavy atom. The predicted molar refractivity (Wildman–Crippen MR) is 148 cm³/mol. The van der Waals surface area contributed by atoms with Crippen LogP contribution in [0.5, 0.6) is 17.2 Å². The molecular formula is C27H27BrN4O6. The summed E-state index contributed by atoms with van der Waals surface area (Å²) in [7, 11) is 1.46. The lowest BCUT2D eigenvalue weighted by molar-refractivity contribution is -0.136. The molecular weight excluding hydrogens is 556 g/mol. The zero-order chi connectivity index (χ0) is 27.5. The molecule has 38 heavy (non-hydrogen) atoms. The maximum absolute atomic E-state index is 12.3. The van der Waals surface area contributed by atoms with Gasteiger partial charge in [0.2, 0.25) is 0 Å². The van der Waals surface area contributed by atoms with Gasteiger partial charge in [-0.05, 0) is 73.5 Å². The van der Waals surface area contributed by atoms with Crippen LogP contribution in [0.1, 0.15) is 18.1 Å². The second kappa shape index (κ2) is 13.8. The Bertz CT molecular complexity index is 1340. The van der Waals surface area contributed by atoms with Crippen molar-refractivity contribution in [3.05, 3.63) is 76.3 Å². The van der Waals surface area contributed by atoms with Gasteiger partial charge in [-0.25, -0.2) is 5.43 Å². The molecule has 0 aliphatic heterocycles. The quantitative estimate of drug-likeness (QED) is 0.186. The van der Waals surface area contributed by atoms with E-state index in [-0.39, 0.29) is 12.5 Å². The Morgan fingerprint density at radius 1 is 0.921 bits per heavy atom. The van der Waals surface area contributed by atoms with Gasteiger partial charge in [-0.2, -0.15) is 5.10 Å². The number of hydrogen-bond donors (Lipinski definition) is 3. The van der Waals surface area contributed by atoms with Gasteiger partial charge in [0.25, 0.3) is 5.91 Å². The molecule has 0 atom stereocenters. The molecule has 3 aromatic carbocycles. The molecule has 3 amide bonds. The molecule has 10 nitrogen and oxygen atoms in total. The smallest absolute Gasteiger partial charge is 0.329 e. The largest absolute Gasteiger partial charge is 0.493 e. The van der Waals surface area contributed by atoms with Crippen molar-refractivity contribution in [3.8, 4) is 17.2 Å². The van der Waals surface area contributed by atoms with E-state index in [9.17, 15) is 14.4 Å². The number of nitrogens with zero attached hydrogens (tertiary/aromatic N) is 1. The lowest BCUT2D eigenvalue weighted by Crippen LogP contribution is -2.32. The van der Waals surface area contributed by atoms with Crippen molar-refractivity contribution in [2.75, 3.05) is 31.0 Å². The Labute approximate surface area is 228 Å². The Balaban J connectivity index is 1.53. The number of amides is 3. The molecule has 0 fully saturated rings. The normalized spacial score (nSPS) is 10.5. The highest BCUT2D eigenvalue weighted by atomic mass is 79.9. The summed E-state index contributed by atoms with van der Waals surface area (Å²) in [6.07, 6.45) is 1.34. The van der Waals surface area contributed by atoms with Crippen molar-refractivity contribution in [2.45, 2.75) is 13.8 Å². The van der Waals surface area contributed by atoms with E-state index in [1.165, 1.54) is 13.3 Å². The van der Waals surface area contributed by atoms with Crippen molar-refractivity contribution in [3.63, 3.8) is 0 Å². The molecule has 0 bridgehead atoms. The van der Waals surface area contributed by atoms with Gasteiger partial charge in [0.05, 0.1) is 25.6 Å². The first-order chi connectivity index (χ1) is 18.3. The molecule has 0 saturated carbocycles. The standard InChI is InChI=1S/C27H27BrN4O6/c1-4-37-22-8-6-5-7-21(22)31-26(34)27(35)32-29-15-18-9-12-23(24(14-18)36-3)38-16-25(33)30-19-10-11-20(28)17(2)13-19/h5-15H,4,16H2,1-3H3,(H,30,33)(H,31,34)(H,32,35)/b29-15-. The van der Waals surface area contributed by atoms with Crippen molar-refractivity contribution < 1.29 is 28.6 Å². The van der Waals surface area contributed by atoms with E-state index in [2.05, 4.69) is 37.1 Å². The minimum absolute atomic E-state index is 0.226. The lowest BCUT2D eigenvalue weighted by Gasteiger charge is -2.12. The van der Waals surface area contributed by atoms with Gasteiger partial charge in [-0.3, -0.25) is 14.4 Å². The summed E-state index contributed by atoms with van der Waals surface area (Å²) in [6.45, 7) is 3.93. The molecule has 198 valence electrons. The minimum atomic E-state index is -0.952. The predicted octanol–water partition coefficient (Wildman–Crippen LogP) is 4.27. The Morgan fingerprint density at radius 2 is 1.71 bits per heavy atom. The number of ether oxygens (including phenoxy) is 3. The third-order valence-electron chi connectivity index (χ3n) is 5.01. The van der Waals surface area contributed by atoms with E-state index < -0.39 is 11.8 Å². The van der Waals surface area contributed by atoms with E-state index >= 15 is 0 Å². The van der Waals surface area contributed by atoms with Crippen molar-refractivity contribution >= 4 is 51.2 Å². The van der Waals surface area contributed by atoms with Gasteiger partial charge < -0.3 is 24.8 Å². The molecule has 0 radical (unpaired) electrons. The molecule has 0 heterocycles. The summed E-state index contributed by atoms with van der Waals surface area (Å²) in [5.41, 5.74) is 4.76. The van der Waals surface area contributed by atoms with Crippen LogP contribution in [0.15, 0.2) is 70.2 Å². The number of hydrogen-bond acceptors (Lipinski definition) is 7. The van der Waals surface area contributed by atoms with Crippen LogP contribution in [-0.4, -0.2) is 44.3 Å². The third-order valence-corrected chi connectivity index (χ3v) is 5.90. The number of nitrogens with one attached hydrogen (secondary N) is 3. The number of carbonyl (C=O) groups excluding carboxylic acids is 3. The molecule has 0 aromatic heterocycles. The fourth-order valence-corrected chi connectivity index (χ4v) is 3.44. The zero-order valence-electron chi connectivity index (χ0n) is 21.0. The molecule has 0 spiro atoms. The number of para-hydroxylation sites is 2. The molecule has 11 heteroatoms. The lowest BCUT2D eigenvalue weighted by atomic mass is 10.2. The number of carbonyl (C=O) groups is 3. The summed E-state index contributed by atoms with van der Waals surface area (Å²) in [4.78, 5) is 36.6. The first kappa shape index (κ1) is 28.2. The number of hydrazone groups is 1. The first-order valence-corrected chi connectivity index (χ1v) is 12.3. The summed E-state index contributed by atoms with van der Waals surface area (Å²) < 4.78 is 17.3. The van der Waals surface area contributed by atoms with Crippen LogP contribution in [0.2, 0.25) is 0 Å². The van der Waals surface area contributed by atoms with Gasteiger partial charge in [0.1, 0.15) is 5.75 Å².